The molecule has 0 aromatic carbocycles. The number of sulfone groups is 1. The molecule has 1 N–H and O–H groups in total. The van der Waals surface area contributed by atoms with Crippen molar-refractivity contribution in [1.82, 2.24) is 9.97 Å². The van der Waals surface area contributed by atoms with Crippen molar-refractivity contribution in [2.24, 2.45) is 0 Å². The first-order chi connectivity index (χ1) is 10.4. The van der Waals surface area contributed by atoms with E-state index in [-0.39, 0.29) is 17.5 Å². The third-order valence-electron chi connectivity index (χ3n) is 3.77. The molecule has 22 heavy (non-hydrogen) atoms. The Kier molecular flexibility index (Phi) is 5.57. The van der Waals surface area contributed by atoms with E-state index in [0.717, 1.165) is 24.5 Å². The molecular weight excluding hydrogens is 304 g/mol. The van der Waals surface area contributed by atoms with E-state index in [4.69, 9.17) is 4.74 Å². The van der Waals surface area contributed by atoms with Crippen LogP contribution in [0.3, 0.4) is 0 Å². The second kappa shape index (κ2) is 7.23. The van der Waals surface area contributed by atoms with Crippen molar-refractivity contribution in [2.75, 3.05) is 49.0 Å². The van der Waals surface area contributed by atoms with Gasteiger partial charge in [0.2, 0.25) is 5.95 Å². The molecule has 0 bridgehead atoms. The van der Waals surface area contributed by atoms with Crippen LogP contribution in [0.2, 0.25) is 0 Å². The van der Waals surface area contributed by atoms with Gasteiger partial charge in [-0.25, -0.2) is 13.4 Å². The van der Waals surface area contributed by atoms with Gasteiger partial charge in [0.1, 0.15) is 5.82 Å². The van der Waals surface area contributed by atoms with Crippen LogP contribution in [0.5, 0.6) is 0 Å². The predicted octanol–water partition coefficient (Wildman–Crippen LogP) is 0.857. The Bertz CT molecular complexity index is 606. The zero-order chi connectivity index (χ0) is 16.2. The van der Waals surface area contributed by atoms with E-state index in [0.29, 0.717) is 19.0 Å². The maximum atomic E-state index is 11.6. The highest BCUT2D eigenvalue weighted by atomic mass is 32.2. The number of anilines is 2. The van der Waals surface area contributed by atoms with Gasteiger partial charge in [0.15, 0.2) is 9.84 Å². The molecule has 2 heterocycles. The molecule has 0 aliphatic carbocycles. The summed E-state index contributed by atoms with van der Waals surface area (Å²) in [6.45, 7) is 3.33. The second-order valence-corrected chi connectivity index (χ2v) is 7.86. The van der Waals surface area contributed by atoms with Gasteiger partial charge in [-0.15, -0.1) is 0 Å². The lowest BCUT2D eigenvalue weighted by atomic mass is 10.2. The quantitative estimate of drug-likeness (QED) is 0.743. The fourth-order valence-electron chi connectivity index (χ4n) is 2.50. The van der Waals surface area contributed by atoms with Gasteiger partial charge in [0.05, 0.1) is 11.5 Å². The van der Waals surface area contributed by atoms with Gasteiger partial charge >= 0.3 is 0 Å². The summed E-state index contributed by atoms with van der Waals surface area (Å²) in [7, 11) is 0.660. The zero-order valence-electron chi connectivity index (χ0n) is 13.4. The maximum absolute atomic E-state index is 11.6. The third-order valence-corrected chi connectivity index (χ3v) is 5.52. The first kappa shape index (κ1) is 17.0. The zero-order valence-corrected chi connectivity index (χ0v) is 14.2. The summed E-state index contributed by atoms with van der Waals surface area (Å²) < 4.78 is 28.3. The number of hydrogen-bond donors (Lipinski definition) is 1. The van der Waals surface area contributed by atoms with Crippen LogP contribution in [-0.4, -0.2) is 63.2 Å². The van der Waals surface area contributed by atoms with Crippen molar-refractivity contribution in [2.45, 2.75) is 25.8 Å². The normalized spacial score (nSPS) is 20.0. The lowest BCUT2D eigenvalue weighted by Crippen LogP contribution is -2.33. The Hall–Kier alpha value is -1.41. The van der Waals surface area contributed by atoms with Crippen LogP contribution >= 0.6 is 0 Å². The number of aryl methyl sites for hydroxylation is 1. The number of nitrogens with one attached hydrogen (secondary N) is 1. The minimum absolute atomic E-state index is 0.0133. The molecule has 1 aliphatic heterocycles. The van der Waals surface area contributed by atoms with Gasteiger partial charge in [-0.2, -0.15) is 4.98 Å². The highest BCUT2D eigenvalue weighted by Crippen LogP contribution is 2.22. The molecule has 1 aromatic heterocycles. The summed E-state index contributed by atoms with van der Waals surface area (Å²) in [5, 5.41) is 3.18. The minimum Gasteiger partial charge on any atom is -0.385 e. The Balaban J connectivity index is 2.05. The molecule has 0 radical (unpaired) electrons. The van der Waals surface area contributed by atoms with E-state index >= 15 is 0 Å². The molecule has 1 aromatic rings. The number of aromatic nitrogens is 2. The first-order valence-corrected chi connectivity index (χ1v) is 9.25. The van der Waals surface area contributed by atoms with Gasteiger partial charge in [0, 0.05) is 45.1 Å². The lowest BCUT2D eigenvalue weighted by molar-refractivity contribution is 0.197. The van der Waals surface area contributed by atoms with Crippen molar-refractivity contribution in [3.05, 3.63) is 11.8 Å². The molecule has 2 rings (SSSR count). The second-order valence-electron chi connectivity index (χ2n) is 5.63. The maximum Gasteiger partial charge on any atom is 0.224 e. The average molecular weight is 328 g/mol. The molecule has 0 amide bonds. The number of nitrogens with zero attached hydrogens (tertiary/aromatic N) is 3. The van der Waals surface area contributed by atoms with Crippen molar-refractivity contribution >= 4 is 21.6 Å². The molecule has 1 atom stereocenters. The molecule has 7 nitrogen and oxygen atoms in total. The van der Waals surface area contributed by atoms with Crippen LogP contribution in [0.25, 0.3) is 0 Å². The summed E-state index contributed by atoms with van der Waals surface area (Å²) in [6.07, 6.45) is 1.53. The summed E-state index contributed by atoms with van der Waals surface area (Å²) in [6, 6.07) is 1.87. The van der Waals surface area contributed by atoms with E-state index < -0.39 is 9.84 Å². The fraction of sp³-hybridized carbons (Fsp3) is 0.714. The number of ether oxygens (including phenoxy) is 1. The van der Waals surface area contributed by atoms with Gasteiger partial charge in [-0.3, -0.25) is 0 Å². The third kappa shape index (κ3) is 4.54. The average Bonchev–Trinajstić information content (AvgIpc) is 2.82. The van der Waals surface area contributed by atoms with Crippen LogP contribution in [0, 0.1) is 6.92 Å². The van der Waals surface area contributed by atoms with Gasteiger partial charge in [-0.05, 0) is 19.8 Å². The molecule has 1 saturated heterocycles. The topological polar surface area (TPSA) is 84.4 Å². The van der Waals surface area contributed by atoms with Crippen LogP contribution in [0.1, 0.15) is 18.5 Å². The number of hydrogen-bond acceptors (Lipinski definition) is 7. The molecule has 0 saturated carbocycles. The highest BCUT2D eigenvalue weighted by Gasteiger charge is 2.31. The summed E-state index contributed by atoms with van der Waals surface area (Å²) in [5.74, 6) is 1.78. The summed E-state index contributed by atoms with van der Waals surface area (Å²) in [5.41, 5.74) is 0.854. The number of rotatable bonds is 7. The fourth-order valence-corrected chi connectivity index (χ4v) is 4.27. The van der Waals surface area contributed by atoms with E-state index in [9.17, 15) is 8.42 Å². The van der Waals surface area contributed by atoms with E-state index in [1.165, 1.54) is 0 Å². The van der Waals surface area contributed by atoms with E-state index in [2.05, 4.69) is 15.3 Å². The molecule has 0 spiro atoms. The molecule has 1 unspecified atom stereocenters. The first-order valence-electron chi connectivity index (χ1n) is 7.43. The SMILES string of the molecule is COCCCNc1nc(C)cc(N(C)C2CCS(=O)(=O)C2)n1. The van der Waals surface area contributed by atoms with Crippen molar-refractivity contribution < 1.29 is 13.2 Å². The van der Waals surface area contributed by atoms with Crippen LogP contribution in [0.4, 0.5) is 11.8 Å². The largest absolute Gasteiger partial charge is 0.385 e. The van der Waals surface area contributed by atoms with Gasteiger partial charge < -0.3 is 15.0 Å². The van der Waals surface area contributed by atoms with Crippen molar-refractivity contribution in [3.8, 4) is 0 Å². The summed E-state index contributed by atoms with van der Waals surface area (Å²) in [4.78, 5) is 10.8. The van der Waals surface area contributed by atoms with Gasteiger partial charge in [-0.1, -0.05) is 0 Å². The van der Waals surface area contributed by atoms with Crippen LogP contribution in [-0.2, 0) is 14.6 Å². The lowest BCUT2D eigenvalue weighted by Gasteiger charge is -2.25. The van der Waals surface area contributed by atoms with Crippen molar-refractivity contribution in [1.29, 1.82) is 0 Å². The van der Waals surface area contributed by atoms with E-state index in [1.807, 2.05) is 24.9 Å². The molecule has 1 aliphatic rings. The van der Waals surface area contributed by atoms with Crippen LogP contribution in [0.15, 0.2) is 6.07 Å². The smallest absolute Gasteiger partial charge is 0.224 e. The number of methoxy groups -OCH3 is 1. The summed E-state index contributed by atoms with van der Waals surface area (Å²) >= 11 is 0. The molecule has 8 heteroatoms. The predicted molar refractivity (Wildman–Crippen MR) is 87.2 cm³/mol. The molecule has 124 valence electrons. The van der Waals surface area contributed by atoms with Gasteiger partial charge in [0.25, 0.3) is 0 Å². The van der Waals surface area contributed by atoms with E-state index in [1.54, 1.807) is 7.11 Å². The Morgan fingerprint density at radius 1 is 1.45 bits per heavy atom. The molecule has 1 fully saturated rings. The monoisotopic (exact) mass is 328 g/mol. The molecular formula is C14H24N4O3S. The minimum atomic E-state index is -2.90. The Morgan fingerprint density at radius 3 is 2.86 bits per heavy atom. The Morgan fingerprint density at radius 2 is 2.23 bits per heavy atom. The standard InChI is InChI=1S/C14H24N4O3S/c1-11-9-13(17-14(16-11)15-6-4-7-21-3)18(2)12-5-8-22(19,20)10-12/h9,12H,4-8,10H2,1-3H3,(H,15,16,17). The Labute approximate surface area is 132 Å². The highest BCUT2D eigenvalue weighted by molar-refractivity contribution is 7.91. The van der Waals surface area contributed by atoms with Crippen LogP contribution < -0.4 is 10.2 Å². The van der Waals surface area contributed by atoms with Crippen molar-refractivity contribution in [3.63, 3.8) is 0 Å².